The monoisotopic (exact) mass is 343 g/mol. The van der Waals surface area contributed by atoms with Gasteiger partial charge in [-0.1, -0.05) is 30.3 Å². The highest BCUT2D eigenvalue weighted by Crippen LogP contribution is 2.21. The largest absolute Gasteiger partial charge is 0.319 e. The van der Waals surface area contributed by atoms with Gasteiger partial charge in [0.25, 0.3) is 5.91 Å². The van der Waals surface area contributed by atoms with E-state index in [0.717, 1.165) is 35.2 Å². The molecule has 0 saturated carbocycles. The number of hydrogen-bond acceptors (Lipinski definition) is 3. The Labute approximate surface area is 138 Å². The van der Waals surface area contributed by atoms with Crippen LogP contribution in [0.15, 0.2) is 65.6 Å². The Morgan fingerprint density at radius 3 is 2.38 bits per heavy atom. The number of benzene rings is 3. The predicted octanol–water partition coefficient (Wildman–Crippen LogP) is 3.63. The fourth-order valence-corrected chi connectivity index (χ4v) is 3.00. The summed E-state index contributed by atoms with van der Waals surface area (Å²) in [4.78, 5) is 12.3. The lowest BCUT2D eigenvalue weighted by atomic mass is 10.1. The van der Waals surface area contributed by atoms with Crippen molar-refractivity contribution in [3.63, 3.8) is 0 Å². The van der Waals surface area contributed by atoms with Crippen LogP contribution in [0.2, 0.25) is 0 Å². The molecule has 0 radical (unpaired) electrons. The maximum atomic E-state index is 13.9. The molecule has 122 valence electrons. The van der Waals surface area contributed by atoms with Gasteiger partial charge in [0.15, 0.2) is 9.84 Å². The van der Waals surface area contributed by atoms with E-state index in [1.807, 2.05) is 24.3 Å². The third kappa shape index (κ3) is 3.28. The van der Waals surface area contributed by atoms with Crippen molar-refractivity contribution in [2.24, 2.45) is 0 Å². The first-order chi connectivity index (χ1) is 11.3. The van der Waals surface area contributed by atoms with E-state index in [9.17, 15) is 17.6 Å². The minimum Gasteiger partial charge on any atom is -0.319 e. The highest BCUT2D eigenvalue weighted by Gasteiger charge is 2.14. The Balaban J connectivity index is 1.93. The van der Waals surface area contributed by atoms with Crippen molar-refractivity contribution in [2.45, 2.75) is 4.90 Å². The van der Waals surface area contributed by atoms with Gasteiger partial charge in [0, 0.05) is 11.8 Å². The highest BCUT2D eigenvalue weighted by molar-refractivity contribution is 7.90. The molecule has 0 spiro atoms. The number of rotatable bonds is 3. The summed E-state index contributed by atoms with van der Waals surface area (Å²) in [5, 5.41) is 4.30. The van der Waals surface area contributed by atoms with Gasteiger partial charge in [0.05, 0.1) is 10.6 Å². The lowest BCUT2D eigenvalue weighted by molar-refractivity contribution is 0.102. The van der Waals surface area contributed by atoms with Crippen LogP contribution in [-0.2, 0) is 9.84 Å². The molecule has 1 N–H and O–H groups in total. The van der Waals surface area contributed by atoms with E-state index in [4.69, 9.17) is 0 Å². The van der Waals surface area contributed by atoms with Gasteiger partial charge in [-0.25, -0.2) is 12.8 Å². The number of fused-ring (bicyclic) bond motifs is 1. The van der Waals surface area contributed by atoms with Crippen LogP contribution in [0.25, 0.3) is 10.8 Å². The Bertz CT molecular complexity index is 1050. The van der Waals surface area contributed by atoms with Gasteiger partial charge in [-0.2, -0.15) is 0 Å². The molecule has 3 aromatic rings. The second-order valence-electron chi connectivity index (χ2n) is 5.43. The normalized spacial score (nSPS) is 11.4. The molecule has 3 aromatic carbocycles. The molecule has 0 fully saturated rings. The summed E-state index contributed by atoms with van der Waals surface area (Å²) in [6.07, 6.45) is 1.02. The molecule has 24 heavy (non-hydrogen) atoms. The molecule has 4 nitrogen and oxygen atoms in total. The number of hydrogen-bond donors (Lipinski definition) is 1. The van der Waals surface area contributed by atoms with Gasteiger partial charge >= 0.3 is 0 Å². The zero-order valence-corrected chi connectivity index (χ0v) is 13.6. The number of carbonyl (C=O) groups excluding carboxylic acids is 1. The second-order valence-corrected chi connectivity index (χ2v) is 7.45. The standard InChI is InChI=1S/C18H14FNO3S/c1-24(22,23)15-8-9-16(19)17(11-15)20-18(21)14-7-6-12-4-2-3-5-13(12)10-14/h2-11H,1H3,(H,20,21). The summed E-state index contributed by atoms with van der Waals surface area (Å²) in [6, 6.07) is 16.0. The highest BCUT2D eigenvalue weighted by atomic mass is 32.2. The fraction of sp³-hybridized carbons (Fsp3) is 0.0556. The number of amides is 1. The molecule has 0 aliphatic heterocycles. The molecule has 0 bridgehead atoms. The summed E-state index contributed by atoms with van der Waals surface area (Å²) >= 11 is 0. The van der Waals surface area contributed by atoms with Crippen molar-refractivity contribution in [3.8, 4) is 0 Å². The van der Waals surface area contributed by atoms with E-state index in [2.05, 4.69) is 5.32 Å². The molecule has 3 rings (SSSR count). The van der Waals surface area contributed by atoms with Crippen LogP contribution in [0.3, 0.4) is 0 Å². The van der Waals surface area contributed by atoms with Crippen LogP contribution in [0.5, 0.6) is 0 Å². The number of halogens is 1. The zero-order chi connectivity index (χ0) is 17.3. The maximum Gasteiger partial charge on any atom is 0.255 e. The van der Waals surface area contributed by atoms with Gasteiger partial charge in [-0.3, -0.25) is 4.79 Å². The number of sulfone groups is 1. The summed E-state index contributed by atoms with van der Waals surface area (Å²) in [5.41, 5.74) is 0.189. The molecule has 0 atom stereocenters. The van der Waals surface area contributed by atoms with E-state index >= 15 is 0 Å². The molecule has 0 aromatic heterocycles. The van der Waals surface area contributed by atoms with Gasteiger partial charge < -0.3 is 5.32 Å². The molecule has 0 heterocycles. The fourth-order valence-electron chi connectivity index (χ4n) is 2.36. The van der Waals surface area contributed by atoms with Crippen molar-refractivity contribution in [2.75, 3.05) is 11.6 Å². The average Bonchev–Trinajstić information content (AvgIpc) is 2.55. The van der Waals surface area contributed by atoms with Crippen molar-refractivity contribution >= 4 is 32.2 Å². The smallest absolute Gasteiger partial charge is 0.255 e. The number of anilines is 1. The summed E-state index contributed by atoms with van der Waals surface area (Å²) in [5.74, 6) is -1.21. The summed E-state index contributed by atoms with van der Waals surface area (Å²) in [6.45, 7) is 0. The van der Waals surface area contributed by atoms with E-state index in [1.165, 1.54) is 0 Å². The van der Waals surface area contributed by atoms with Gasteiger partial charge in [-0.15, -0.1) is 0 Å². The van der Waals surface area contributed by atoms with E-state index in [-0.39, 0.29) is 10.6 Å². The van der Waals surface area contributed by atoms with E-state index in [0.29, 0.717) is 5.56 Å². The van der Waals surface area contributed by atoms with Gasteiger partial charge in [0.1, 0.15) is 5.82 Å². The lowest BCUT2D eigenvalue weighted by Gasteiger charge is -2.09. The first kappa shape index (κ1) is 16.1. The summed E-state index contributed by atoms with van der Waals surface area (Å²) in [7, 11) is -3.49. The lowest BCUT2D eigenvalue weighted by Crippen LogP contribution is -2.13. The first-order valence-electron chi connectivity index (χ1n) is 7.14. The maximum absolute atomic E-state index is 13.9. The molecular weight excluding hydrogens is 329 g/mol. The number of carbonyl (C=O) groups is 1. The Morgan fingerprint density at radius 2 is 1.67 bits per heavy atom. The predicted molar refractivity (Wildman–Crippen MR) is 91.4 cm³/mol. The minimum atomic E-state index is -3.49. The quantitative estimate of drug-likeness (QED) is 0.739. The van der Waals surface area contributed by atoms with E-state index in [1.54, 1.807) is 18.2 Å². The Morgan fingerprint density at radius 1 is 0.958 bits per heavy atom. The first-order valence-corrected chi connectivity index (χ1v) is 9.03. The average molecular weight is 343 g/mol. The van der Waals surface area contributed by atoms with Crippen LogP contribution >= 0.6 is 0 Å². The SMILES string of the molecule is CS(=O)(=O)c1ccc(F)c(NC(=O)c2ccc3ccccc3c2)c1. The van der Waals surface area contributed by atoms with Gasteiger partial charge in [-0.05, 0) is 41.1 Å². The van der Waals surface area contributed by atoms with Gasteiger partial charge in [0.2, 0.25) is 0 Å². The molecular formula is C18H14FNO3S. The molecule has 1 amide bonds. The third-order valence-corrected chi connectivity index (χ3v) is 4.74. The number of nitrogens with one attached hydrogen (secondary N) is 1. The van der Waals surface area contributed by atoms with Crippen molar-refractivity contribution < 1.29 is 17.6 Å². The Kier molecular flexibility index (Phi) is 4.07. The topological polar surface area (TPSA) is 63.2 Å². The molecule has 0 aliphatic carbocycles. The third-order valence-electron chi connectivity index (χ3n) is 3.63. The molecule has 0 saturated heterocycles. The molecule has 6 heteroatoms. The van der Waals surface area contributed by atoms with Crippen LogP contribution in [0.4, 0.5) is 10.1 Å². The van der Waals surface area contributed by atoms with Crippen molar-refractivity contribution in [1.82, 2.24) is 0 Å². The van der Waals surface area contributed by atoms with Crippen molar-refractivity contribution in [3.05, 3.63) is 72.0 Å². The van der Waals surface area contributed by atoms with Crippen LogP contribution in [-0.4, -0.2) is 20.6 Å². The Hall–Kier alpha value is -2.73. The van der Waals surface area contributed by atoms with Crippen LogP contribution in [0, 0.1) is 5.82 Å². The molecule has 0 aliphatic rings. The van der Waals surface area contributed by atoms with Crippen molar-refractivity contribution in [1.29, 1.82) is 0 Å². The zero-order valence-electron chi connectivity index (χ0n) is 12.8. The second kappa shape index (κ2) is 6.05. The van der Waals surface area contributed by atoms with Crippen LogP contribution < -0.4 is 5.32 Å². The van der Waals surface area contributed by atoms with Crippen LogP contribution in [0.1, 0.15) is 10.4 Å². The van der Waals surface area contributed by atoms with E-state index < -0.39 is 21.6 Å². The molecule has 0 unspecified atom stereocenters. The summed E-state index contributed by atoms with van der Waals surface area (Å²) < 4.78 is 37.0. The minimum absolute atomic E-state index is 0.0577.